The summed E-state index contributed by atoms with van der Waals surface area (Å²) in [6, 6.07) is 12.6. The van der Waals surface area contributed by atoms with E-state index in [-0.39, 0.29) is 17.8 Å². The molecule has 2 unspecified atom stereocenters. The van der Waals surface area contributed by atoms with E-state index in [1.165, 1.54) is 38.3 Å². The van der Waals surface area contributed by atoms with Gasteiger partial charge in [0, 0.05) is 43.7 Å². The molecule has 0 radical (unpaired) electrons. The van der Waals surface area contributed by atoms with Crippen molar-refractivity contribution in [3.63, 3.8) is 0 Å². The third-order valence-electron chi connectivity index (χ3n) is 11.2. The first-order valence-electron chi connectivity index (χ1n) is 19.0. The van der Waals surface area contributed by atoms with Gasteiger partial charge in [-0.05, 0) is 106 Å². The number of hydrogen-bond donors (Lipinski definition) is 3. The molecule has 0 saturated carbocycles. The van der Waals surface area contributed by atoms with Crippen LogP contribution in [0.25, 0.3) is 20.4 Å². The lowest BCUT2D eigenvalue weighted by molar-refractivity contribution is -0.148. The van der Waals surface area contributed by atoms with E-state index in [0.29, 0.717) is 19.4 Å². The largest absolute Gasteiger partial charge is 0.481 e. The molecule has 4 aliphatic rings. The Balaban J connectivity index is 0.000000147. The Kier molecular flexibility index (Phi) is 9.54. The van der Waals surface area contributed by atoms with Gasteiger partial charge in [0.2, 0.25) is 0 Å². The standard InChI is InChI=1S/C22H22N4O2S.C20H18N4O2S/c1-3-28-22(27)13-5-7-16-18(8-13)29-21-19(16)20(24-11-25-21)26-15-6-4-14-10-23-12(2)17(14)9-15;1-10-15-7-13(4-2-12(15)8-21-10)24-18-17-14-5-3-11(20(25)26)6-16(14)27-19(17)23-9-22-18/h4,6,9,11,13H,3,5,7-8,10H2,1-2H3,(H,24,25,26);2,4,7,9,11H,3,5-6,8H2,1H3,(H,25,26)(H,22,23,24). The summed E-state index contributed by atoms with van der Waals surface area (Å²) in [4.78, 5) is 54.7. The molecule has 2 aliphatic carbocycles. The Hall–Kier alpha value is -5.60. The second-order valence-corrected chi connectivity index (χ2v) is 16.7. The van der Waals surface area contributed by atoms with Crippen LogP contribution in [0.4, 0.5) is 23.0 Å². The van der Waals surface area contributed by atoms with Crippen LogP contribution >= 0.6 is 22.7 Å². The van der Waals surface area contributed by atoms with Crippen LogP contribution in [0.1, 0.15) is 76.7 Å². The number of aliphatic imine (C=N–C) groups is 2. The number of benzene rings is 2. The summed E-state index contributed by atoms with van der Waals surface area (Å²) in [5.41, 5.74) is 11.5. The number of carbonyl (C=O) groups excluding carboxylic acids is 1. The van der Waals surface area contributed by atoms with Gasteiger partial charge in [-0.3, -0.25) is 19.6 Å². The molecular weight excluding hydrogens is 745 g/mol. The molecule has 12 nitrogen and oxygen atoms in total. The van der Waals surface area contributed by atoms with Gasteiger partial charge in [0.15, 0.2) is 0 Å². The Morgan fingerprint density at radius 3 is 1.75 bits per heavy atom. The molecule has 10 rings (SSSR count). The number of anilines is 4. The van der Waals surface area contributed by atoms with Crippen LogP contribution in [-0.4, -0.2) is 55.0 Å². The minimum absolute atomic E-state index is 0.0566. The molecule has 4 aromatic heterocycles. The van der Waals surface area contributed by atoms with Gasteiger partial charge in [-0.2, -0.15) is 0 Å². The number of rotatable bonds is 7. The van der Waals surface area contributed by atoms with Crippen LogP contribution in [-0.2, 0) is 53.1 Å². The van der Waals surface area contributed by atoms with Gasteiger partial charge in [-0.1, -0.05) is 12.1 Å². The van der Waals surface area contributed by atoms with E-state index in [0.717, 1.165) is 98.5 Å². The van der Waals surface area contributed by atoms with Crippen LogP contribution in [0.2, 0.25) is 0 Å². The van der Waals surface area contributed by atoms with Crippen molar-refractivity contribution < 1.29 is 19.4 Å². The van der Waals surface area contributed by atoms with E-state index in [4.69, 9.17) is 4.74 Å². The van der Waals surface area contributed by atoms with Gasteiger partial charge in [-0.25, -0.2) is 19.9 Å². The normalized spacial score (nSPS) is 17.8. The predicted octanol–water partition coefficient (Wildman–Crippen LogP) is 8.37. The first-order valence-corrected chi connectivity index (χ1v) is 20.6. The highest BCUT2D eigenvalue weighted by molar-refractivity contribution is 7.19. The number of nitrogens with one attached hydrogen (secondary N) is 2. The average Bonchev–Trinajstić information content (AvgIpc) is 3.98. The quantitative estimate of drug-likeness (QED) is 0.134. The Bertz CT molecular complexity index is 2630. The SMILES string of the molecule is CC1=NCc2ccc(Nc3ncnc4sc5c(c34)CCC(C(=O)O)C5)cc21.CCOC(=O)C1CCc2c(sc3ncnc(Nc4ccc5c(c4)C(C)=NC5)c23)C1. The van der Waals surface area contributed by atoms with Crippen molar-refractivity contribution in [2.45, 2.75) is 72.4 Å². The second-order valence-electron chi connectivity index (χ2n) is 14.6. The lowest BCUT2D eigenvalue weighted by atomic mass is 9.88. The van der Waals surface area contributed by atoms with Crippen molar-refractivity contribution in [1.29, 1.82) is 0 Å². The predicted molar refractivity (Wildman–Crippen MR) is 221 cm³/mol. The van der Waals surface area contributed by atoms with E-state index in [1.807, 2.05) is 20.8 Å². The lowest BCUT2D eigenvalue weighted by Crippen LogP contribution is -2.23. The Morgan fingerprint density at radius 1 is 0.750 bits per heavy atom. The molecule has 0 saturated heterocycles. The van der Waals surface area contributed by atoms with Crippen LogP contribution in [0, 0.1) is 11.8 Å². The summed E-state index contributed by atoms with van der Waals surface area (Å²) >= 11 is 3.26. The van der Waals surface area contributed by atoms with Gasteiger partial charge >= 0.3 is 11.9 Å². The molecule has 6 aromatic rings. The number of carbonyl (C=O) groups is 2. The molecule has 284 valence electrons. The highest BCUT2D eigenvalue weighted by atomic mass is 32.1. The molecule has 6 heterocycles. The molecular formula is C42H40N8O4S2. The van der Waals surface area contributed by atoms with E-state index < -0.39 is 5.97 Å². The first-order chi connectivity index (χ1) is 27.2. The van der Waals surface area contributed by atoms with Gasteiger partial charge in [0.25, 0.3) is 0 Å². The maximum Gasteiger partial charge on any atom is 0.309 e. The zero-order valence-electron chi connectivity index (χ0n) is 31.3. The van der Waals surface area contributed by atoms with Crippen LogP contribution in [0.3, 0.4) is 0 Å². The third-order valence-corrected chi connectivity index (χ3v) is 13.5. The summed E-state index contributed by atoms with van der Waals surface area (Å²) in [5, 5.41) is 18.4. The Labute approximate surface area is 331 Å². The molecule has 0 amide bonds. The van der Waals surface area contributed by atoms with Crippen molar-refractivity contribution in [2.24, 2.45) is 21.8 Å². The first kappa shape index (κ1) is 36.1. The molecule has 0 spiro atoms. The maximum atomic E-state index is 12.2. The number of esters is 1. The van der Waals surface area contributed by atoms with Gasteiger partial charge in [0.05, 0.1) is 42.3 Å². The molecule has 56 heavy (non-hydrogen) atoms. The number of nitrogens with zero attached hydrogens (tertiary/aromatic N) is 6. The summed E-state index contributed by atoms with van der Waals surface area (Å²) < 4.78 is 5.23. The number of fused-ring (bicyclic) bond motifs is 8. The molecule has 0 bridgehead atoms. The zero-order valence-corrected chi connectivity index (χ0v) is 32.9. The highest BCUT2D eigenvalue weighted by Gasteiger charge is 2.31. The zero-order chi connectivity index (χ0) is 38.5. The second kappa shape index (κ2) is 14.8. The average molecular weight is 785 g/mol. The van der Waals surface area contributed by atoms with Crippen molar-refractivity contribution in [1.82, 2.24) is 19.9 Å². The maximum absolute atomic E-state index is 12.2. The number of carboxylic acid groups (broad SMARTS) is 1. The van der Waals surface area contributed by atoms with Crippen molar-refractivity contribution in [3.8, 4) is 0 Å². The van der Waals surface area contributed by atoms with E-state index in [2.05, 4.69) is 77.0 Å². The molecule has 2 atom stereocenters. The summed E-state index contributed by atoms with van der Waals surface area (Å²) in [5.74, 6) is 0.467. The van der Waals surface area contributed by atoms with Gasteiger partial charge in [0.1, 0.15) is 34.0 Å². The number of aromatic nitrogens is 4. The van der Waals surface area contributed by atoms with E-state index in [9.17, 15) is 14.7 Å². The van der Waals surface area contributed by atoms with E-state index in [1.54, 1.807) is 35.3 Å². The van der Waals surface area contributed by atoms with Crippen LogP contribution in [0.15, 0.2) is 59.0 Å². The monoisotopic (exact) mass is 784 g/mol. The fourth-order valence-corrected chi connectivity index (χ4v) is 10.7. The summed E-state index contributed by atoms with van der Waals surface area (Å²) in [6.45, 7) is 7.88. The Morgan fingerprint density at radius 2 is 1.25 bits per heavy atom. The minimum Gasteiger partial charge on any atom is -0.481 e. The lowest BCUT2D eigenvalue weighted by Gasteiger charge is -2.20. The highest BCUT2D eigenvalue weighted by Crippen LogP contribution is 2.42. The van der Waals surface area contributed by atoms with Crippen LogP contribution in [0.5, 0.6) is 0 Å². The number of thiophene rings is 2. The number of aliphatic carboxylic acids is 1. The van der Waals surface area contributed by atoms with Gasteiger partial charge < -0.3 is 20.5 Å². The van der Waals surface area contributed by atoms with Gasteiger partial charge in [-0.15, -0.1) is 22.7 Å². The minimum atomic E-state index is -0.710. The summed E-state index contributed by atoms with van der Waals surface area (Å²) in [6.07, 6.45) is 7.55. The smallest absolute Gasteiger partial charge is 0.309 e. The van der Waals surface area contributed by atoms with E-state index >= 15 is 0 Å². The number of ether oxygens (including phenoxy) is 1. The topological polar surface area (TPSA) is 164 Å². The number of aryl methyl sites for hydroxylation is 2. The molecule has 3 N–H and O–H groups in total. The van der Waals surface area contributed by atoms with Crippen molar-refractivity contribution >= 4 is 89.5 Å². The molecule has 2 aromatic carbocycles. The summed E-state index contributed by atoms with van der Waals surface area (Å²) in [7, 11) is 0. The molecule has 14 heteroatoms. The van der Waals surface area contributed by atoms with Crippen molar-refractivity contribution in [3.05, 3.63) is 92.2 Å². The third kappa shape index (κ3) is 6.70. The fraction of sp³-hybridized carbons (Fsp3) is 0.333. The molecule has 0 fully saturated rings. The number of carboxylic acids is 1. The van der Waals surface area contributed by atoms with Crippen molar-refractivity contribution in [2.75, 3.05) is 17.2 Å². The molecule has 2 aliphatic heterocycles. The van der Waals surface area contributed by atoms with Crippen LogP contribution < -0.4 is 10.6 Å². The number of hydrogen-bond acceptors (Lipinski definition) is 13. The fourth-order valence-electron chi connectivity index (χ4n) is 8.19.